The number of carbonyl (C=O) groups excluding carboxylic acids is 3. The Labute approximate surface area is 169 Å². The lowest BCUT2D eigenvalue weighted by molar-refractivity contribution is -0.125. The smallest absolute Gasteiger partial charge is 0.255 e. The summed E-state index contributed by atoms with van der Waals surface area (Å²) >= 11 is 0. The average molecular weight is 398 g/mol. The van der Waals surface area contributed by atoms with Crippen LogP contribution in [0, 0.1) is 5.92 Å². The lowest BCUT2D eigenvalue weighted by Gasteiger charge is -2.15. The highest BCUT2D eigenvalue weighted by molar-refractivity contribution is 6.04. The first-order valence-corrected chi connectivity index (χ1v) is 9.18. The average Bonchev–Trinajstić information content (AvgIpc) is 2.72. The van der Waals surface area contributed by atoms with Crippen molar-refractivity contribution in [3.63, 3.8) is 0 Å². The molecule has 0 spiro atoms. The Morgan fingerprint density at radius 3 is 2.03 bits per heavy atom. The van der Waals surface area contributed by atoms with Crippen LogP contribution < -0.4 is 26.4 Å². The van der Waals surface area contributed by atoms with Crippen molar-refractivity contribution in [1.29, 1.82) is 0 Å². The van der Waals surface area contributed by atoms with Gasteiger partial charge in [-0.3, -0.25) is 14.4 Å². The maximum Gasteiger partial charge on any atom is 0.255 e. The third kappa shape index (κ3) is 6.62. The highest BCUT2D eigenvalue weighted by atomic mass is 16.5. The molecular weight excluding hydrogens is 372 g/mol. The second-order valence-corrected chi connectivity index (χ2v) is 6.80. The van der Waals surface area contributed by atoms with Crippen LogP contribution in [0.1, 0.15) is 24.2 Å². The molecule has 0 saturated heterocycles. The first kappa shape index (κ1) is 21.9. The fourth-order valence-electron chi connectivity index (χ4n) is 2.38. The van der Waals surface area contributed by atoms with Gasteiger partial charge in [0.25, 0.3) is 5.91 Å². The summed E-state index contributed by atoms with van der Waals surface area (Å²) in [6.45, 7) is 3.48. The Balaban J connectivity index is 1.86. The molecule has 154 valence electrons. The van der Waals surface area contributed by atoms with E-state index in [1.807, 2.05) is 13.8 Å². The van der Waals surface area contributed by atoms with Gasteiger partial charge < -0.3 is 26.4 Å². The van der Waals surface area contributed by atoms with Crippen molar-refractivity contribution >= 4 is 29.1 Å². The number of nitrogens with two attached hydrogens (primary N) is 1. The normalized spacial score (nSPS) is 11.5. The summed E-state index contributed by atoms with van der Waals surface area (Å²) in [7, 11) is 1.57. The van der Waals surface area contributed by atoms with Gasteiger partial charge in [0.1, 0.15) is 5.75 Å². The molecular formula is C21H26N4O4. The van der Waals surface area contributed by atoms with E-state index in [1.165, 1.54) is 0 Å². The van der Waals surface area contributed by atoms with Crippen molar-refractivity contribution in [2.45, 2.75) is 19.9 Å². The largest absolute Gasteiger partial charge is 0.497 e. The number of carbonyl (C=O) groups is 3. The minimum atomic E-state index is -0.661. The Morgan fingerprint density at radius 2 is 1.48 bits per heavy atom. The van der Waals surface area contributed by atoms with Crippen LogP contribution in [0.15, 0.2) is 48.5 Å². The maximum absolute atomic E-state index is 12.3. The van der Waals surface area contributed by atoms with Gasteiger partial charge in [-0.15, -0.1) is 0 Å². The molecule has 2 rings (SSSR count). The SMILES string of the molecule is COc1ccc(NC(=O)c2ccc(NC(=O)CNC(=O)[C@@H](N)C(C)C)cc2)cc1. The number of amides is 3. The molecule has 0 saturated carbocycles. The van der Waals surface area contributed by atoms with E-state index in [0.29, 0.717) is 22.7 Å². The Hall–Kier alpha value is -3.39. The van der Waals surface area contributed by atoms with Crippen LogP contribution in [-0.4, -0.2) is 37.4 Å². The van der Waals surface area contributed by atoms with E-state index < -0.39 is 6.04 Å². The lowest BCUT2D eigenvalue weighted by Crippen LogP contribution is -2.46. The molecule has 0 aliphatic carbocycles. The van der Waals surface area contributed by atoms with Gasteiger partial charge in [0.05, 0.1) is 19.7 Å². The fourth-order valence-corrected chi connectivity index (χ4v) is 2.38. The second kappa shape index (κ2) is 10.2. The van der Waals surface area contributed by atoms with Gasteiger partial charge in [-0.1, -0.05) is 13.8 Å². The summed E-state index contributed by atoms with van der Waals surface area (Å²) in [6, 6.07) is 12.7. The summed E-state index contributed by atoms with van der Waals surface area (Å²) < 4.78 is 5.08. The molecule has 0 unspecified atom stereocenters. The number of anilines is 2. The first-order valence-electron chi connectivity index (χ1n) is 9.18. The molecule has 3 amide bonds. The van der Waals surface area contributed by atoms with E-state index in [0.717, 1.165) is 0 Å². The van der Waals surface area contributed by atoms with Crippen LogP contribution in [0.4, 0.5) is 11.4 Å². The molecule has 0 aliphatic heterocycles. The molecule has 0 fully saturated rings. The number of rotatable bonds is 8. The molecule has 0 heterocycles. The molecule has 5 N–H and O–H groups in total. The molecule has 0 radical (unpaired) electrons. The molecule has 0 aliphatic rings. The third-order valence-electron chi connectivity index (χ3n) is 4.22. The molecule has 8 heteroatoms. The van der Waals surface area contributed by atoms with Crippen LogP contribution in [0.5, 0.6) is 5.75 Å². The standard InChI is InChI=1S/C21H26N4O4/c1-13(2)19(22)21(28)23-12-18(26)24-15-6-4-14(5-7-15)20(27)25-16-8-10-17(29-3)11-9-16/h4-11,13,19H,12,22H2,1-3H3,(H,23,28)(H,24,26)(H,25,27)/t19-/m0/s1. The van der Waals surface area contributed by atoms with Crippen molar-refractivity contribution < 1.29 is 19.1 Å². The zero-order valence-electron chi connectivity index (χ0n) is 16.7. The summed E-state index contributed by atoms with van der Waals surface area (Å²) in [5.74, 6) is -0.353. The Morgan fingerprint density at radius 1 is 0.931 bits per heavy atom. The van der Waals surface area contributed by atoms with E-state index in [-0.39, 0.29) is 30.2 Å². The van der Waals surface area contributed by atoms with E-state index in [4.69, 9.17) is 10.5 Å². The van der Waals surface area contributed by atoms with Crippen molar-refractivity contribution in [1.82, 2.24) is 5.32 Å². The van der Waals surface area contributed by atoms with E-state index in [1.54, 1.807) is 55.6 Å². The molecule has 2 aromatic rings. The predicted molar refractivity (Wildman–Crippen MR) is 112 cm³/mol. The predicted octanol–water partition coefficient (Wildman–Crippen LogP) is 1.99. The van der Waals surface area contributed by atoms with Crippen LogP contribution in [0.25, 0.3) is 0 Å². The Bertz CT molecular complexity index is 848. The van der Waals surface area contributed by atoms with Gasteiger partial charge in [-0.2, -0.15) is 0 Å². The van der Waals surface area contributed by atoms with Gasteiger partial charge in [0.2, 0.25) is 11.8 Å². The maximum atomic E-state index is 12.3. The lowest BCUT2D eigenvalue weighted by atomic mass is 10.1. The number of nitrogens with one attached hydrogen (secondary N) is 3. The fraction of sp³-hybridized carbons (Fsp3) is 0.286. The first-order chi connectivity index (χ1) is 13.8. The molecule has 1 atom stereocenters. The van der Waals surface area contributed by atoms with Crippen molar-refractivity contribution in [2.24, 2.45) is 11.7 Å². The summed E-state index contributed by atoms with van der Waals surface area (Å²) in [4.78, 5) is 36.1. The molecule has 8 nitrogen and oxygen atoms in total. The summed E-state index contributed by atoms with van der Waals surface area (Å²) in [6.07, 6.45) is 0. The summed E-state index contributed by atoms with van der Waals surface area (Å²) in [5, 5.41) is 7.93. The van der Waals surface area contributed by atoms with E-state index >= 15 is 0 Å². The van der Waals surface area contributed by atoms with Gasteiger partial charge in [0, 0.05) is 16.9 Å². The number of benzene rings is 2. The third-order valence-corrected chi connectivity index (χ3v) is 4.22. The zero-order chi connectivity index (χ0) is 21.4. The molecule has 0 bridgehead atoms. The van der Waals surface area contributed by atoms with Crippen molar-refractivity contribution in [2.75, 3.05) is 24.3 Å². The van der Waals surface area contributed by atoms with Gasteiger partial charge in [0.15, 0.2) is 0 Å². The van der Waals surface area contributed by atoms with Crippen molar-refractivity contribution in [3.8, 4) is 5.75 Å². The highest BCUT2D eigenvalue weighted by Crippen LogP contribution is 2.16. The van der Waals surface area contributed by atoms with Crippen molar-refractivity contribution in [3.05, 3.63) is 54.1 Å². The van der Waals surface area contributed by atoms with Gasteiger partial charge in [-0.25, -0.2) is 0 Å². The molecule has 29 heavy (non-hydrogen) atoms. The van der Waals surface area contributed by atoms with Gasteiger partial charge in [-0.05, 0) is 54.4 Å². The number of ether oxygens (including phenoxy) is 1. The summed E-state index contributed by atoms with van der Waals surface area (Å²) in [5.41, 5.74) is 7.32. The van der Waals surface area contributed by atoms with Crippen LogP contribution in [-0.2, 0) is 9.59 Å². The highest BCUT2D eigenvalue weighted by Gasteiger charge is 2.17. The van der Waals surface area contributed by atoms with Crippen LogP contribution >= 0.6 is 0 Å². The quantitative estimate of drug-likeness (QED) is 0.542. The zero-order valence-corrected chi connectivity index (χ0v) is 16.7. The second-order valence-electron chi connectivity index (χ2n) is 6.80. The number of hydrogen-bond donors (Lipinski definition) is 4. The van der Waals surface area contributed by atoms with Gasteiger partial charge >= 0.3 is 0 Å². The monoisotopic (exact) mass is 398 g/mol. The number of hydrogen-bond acceptors (Lipinski definition) is 5. The minimum absolute atomic E-state index is 0.0188. The van der Waals surface area contributed by atoms with Crippen LogP contribution in [0.2, 0.25) is 0 Å². The number of methoxy groups -OCH3 is 1. The Kier molecular flexibility index (Phi) is 7.73. The molecule has 0 aromatic heterocycles. The van der Waals surface area contributed by atoms with E-state index in [9.17, 15) is 14.4 Å². The van der Waals surface area contributed by atoms with E-state index in [2.05, 4.69) is 16.0 Å². The minimum Gasteiger partial charge on any atom is -0.497 e. The topological polar surface area (TPSA) is 123 Å². The molecule has 2 aromatic carbocycles. The van der Waals surface area contributed by atoms with Crippen LogP contribution in [0.3, 0.4) is 0 Å².